The summed E-state index contributed by atoms with van der Waals surface area (Å²) in [5.74, 6) is -0.618. The Balaban J connectivity index is 1.83. The van der Waals surface area contributed by atoms with Gasteiger partial charge in [-0.15, -0.1) is 11.3 Å². The van der Waals surface area contributed by atoms with E-state index in [2.05, 4.69) is 5.32 Å². The van der Waals surface area contributed by atoms with Crippen molar-refractivity contribution in [1.29, 1.82) is 0 Å². The van der Waals surface area contributed by atoms with Crippen molar-refractivity contribution < 1.29 is 14.3 Å². The molecule has 1 N–H and O–H groups in total. The second-order valence-corrected chi connectivity index (χ2v) is 6.28. The van der Waals surface area contributed by atoms with Gasteiger partial charge in [0.15, 0.2) is 5.11 Å². The van der Waals surface area contributed by atoms with E-state index in [4.69, 9.17) is 17.0 Å². The number of esters is 1. The number of hydrogen-bond acceptors (Lipinski definition) is 5. The lowest BCUT2D eigenvalue weighted by Crippen LogP contribution is -2.30. The minimum absolute atomic E-state index is 0.225. The van der Waals surface area contributed by atoms with E-state index >= 15 is 0 Å². The summed E-state index contributed by atoms with van der Waals surface area (Å²) in [6, 6.07) is 10.4. The summed E-state index contributed by atoms with van der Waals surface area (Å²) in [5, 5.41) is 5.18. The van der Waals surface area contributed by atoms with Crippen LogP contribution in [0.3, 0.4) is 0 Å². The second-order valence-electron chi connectivity index (χ2n) is 4.91. The van der Waals surface area contributed by atoms with Gasteiger partial charge in [0.05, 0.1) is 17.9 Å². The van der Waals surface area contributed by atoms with Crippen LogP contribution in [0.25, 0.3) is 6.08 Å². The smallest absolute Gasteiger partial charge is 0.338 e. The molecule has 1 fully saturated rings. The molecular weight excluding hydrogens is 344 g/mol. The molecule has 0 saturated carbocycles. The van der Waals surface area contributed by atoms with E-state index in [9.17, 15) is 9.59 Å². The quantitative estimate of drug-likeness (QED) is 0.517. The molecule has 1 aromatic heterocycles. The van der Waals surface area contributed by atoms with Crippen LogP contribution in [0.2, 0.25) is 0 Å². The SMILES string of the molecule is CCOC(=O)c1ccc(N2C(=O)/C(=C/c3cccs3)NC2=S)cc1. The molecular formula is C17H14N2O3S2. The van der Waals surface area contributed by atoms with Gasteiger partial charge in [-0.25, -0.2) is 4.79 Å². The monoisotopic (exact) mass is 358 g/mol. The van der Waals surface area contributed by atoms with Crippen LogP contribution in [-0.2, 0) is 9.53 Å². The molecule has 5 nitrogen and oxygen atoms in total. The van der Waals surface area contributed by atoms with Gasteiger partial charge in [-0.3, -0.25) is 9.69 Å². The second kappa shape index (κ2) is 6.94. The highest BCUT2D eigenvalue weighted by Gasteiger charge is 2.32. The third-order valence-corrected chi connectivity index (χ3v) is 4.45. The molecule has 0 bridgehead atoms. The number of hydrogen-bond donors (Lipinski definition) is 1. The fraction of sp³-hybridized carbons (Fsp3) is 0.118. The summed E-state index contributed by atoms with van der Waals surface area (Å²) in [6.45, 7) is 2.07. The van der Waals surface area contributed by atoms with E-state index in [0.29, 0.717) is 28.7 Å². The minimum Gasteiger partial charge on any atom is -0.462 e. The predicted molar refractivity (Wildman–Crippen MR) is 97.9 cm³/mol. The van der Waals surface area contributed by atoms with Crippen molar-refractivity contribution in [2.24, 2.45) is 0 Å². The molecule has 7 heteroatoms. The van der Waals surface area contributed by atoms with Crippen molar-refractivity contribution in [3.05, 3.63) is 57.9 Å². The van der Waals surface area contributed by atoms with Crippen LogP contribution >= 0.6 is 23.6 Å². The Labute approximate surface area is 148 Å². The Bertz CT molecular complexity index is 811. The molecule has 0 atom stereocenters. The number of benzene rings is 1. The molecule has 0 aliphatic carbocycles. The molecule has 1 aliphatic rings. The summed E-state index contributed by atoms with van der Waals surface area (Å²) in [7, 11) is 0. The zero-order chi connectivity index (χ0) is 17.1. The first-order valence-corrected chi connectivity index (χ1v) is 8.56. The molecule has 122 valence electrons. The number of thiophene rings is 1. The van der Waals surface area contributed by atoms with Crippen molar-refractivity contribution >= 4 is 52.3 Å². The molecule has 3 rings (SSSR count). The Morgan fingerprint density at radius 2 is 2.08 bits per heavy atom. The van der Waals surface area contributed by atoms with Gasteiger partial charge in [-0.1, -0.05) is 6.07 Å². The Hall–Kier alpha value is -2.51. The first-order valence-electron chi connectivity index (χ1n) is 7.28. The number of nitrogens with one attached hydrogen (secondary N) is 1. The van der Waals surface area contributed by atoms with Gasteiger partial charge >= 0.3 is 5.97 Å². The van der Waals surface area contributed by atoms with Crippen LogP contribution < -0.4 is 10.2 Å². The molecule has 2 heterocycles. The zero-order valence-corrected chi connectivity index (χ0v) is 14.4. The van der Waals surface area contributed by atoms with E-state index in [1.54, 1.807) is 37.3 Å². The number of anilines is 1. The van der Waals surface area contributed by atoms with E-state index < -0.39 is 5.97 Å². The van der Waals surface area contributed by atoms with Crippen molar-refractivity contribution in [2.75, 3.05) is 11.5 Å². The molecule has 0 spiro atoms. The average molecular weight is 358 g/mol. The van der Waals surface area contributed by atoms with E-state index in [-0.39, 0.29) is 5.91 Å². The molecule has 0 unspecified atom stereocenters. The highest BCUT2D eigenvalue weighted by atomic mass is 32.1. The summed E-state index contributed by atoms with van der Waals surface area (Å²) >= 11 is 6.80. The first-order chi connectivity index (χ1) is 11.6. The molecule has 2 aromatic rings. The number of carbonyl (C=O) groups is 2. The molecule has 1 aromatic carbocycles. The Morgan fingerprint density at radius 3 is 2.71 bits per heavy atom. The van der Waals surface area contributed by atoms with Gasteiger partial charge in [-0.2, -0.15) is 0 Å². The number of thiocarbonyl (C=S) groups is 1. The Morgan fingerprint density at radius 1 is 1.33 bits per heavy atom. The zero-order valence-electron chi connectivity index (χ0n) is 12.8. The molecule has 0 radical (unpaired) electrons. The summed E-state index contributed by atoms with van der Waals surface area (Å²) in [4.78, 5) is 26.6. The fourth-order valence-corrected chi connectivity index (χ4v) is 3.20. The summed E-state index contributed by atoms with van der Waals surface area (Å²) < 4.78 is 4.95. The van der Waals surface area contributed by atoms with Crippen LogP contribution in [0.15, 0.2) is 47.5 Å². The third kappa shape index (κ3) is 3.22. The molecule has 24 heavy (non-hydrogen) atoms. The normalized spacial score (nSPS) is 15.7. The third-order valence-electron chi connectivity index (χ3n) is 3.34. The number of ether oxygens (including phenoxy) is 1. The maximum absolute atomic E-state index is 12.6. The largest absolute Gasteiger partial charge is 0.462 e. The minimum atomic E-state index is -0.393. The topological polar surface area (TPSA) is 58.6 Å². The summed E-state index contributed by atoms with van der Waals surface area (Å²) in [5.41, 5.74) is 1.46. The predicted octanol–water partition coefficient (Wildman–Crippen LogP) is 3.19. The molecule has 1 aliphatic heterocycles. The van der Waals surface area contributed by atoms with Crippen LogP contribution in [0.5, 0.6) is 0 Å². The average Bonchev–Trinajstić information content (AvgIpc) is 3.17. The lowest BCUT2D eigenvalue weighted by atomic mass is 10.2. The standard InChI is InChI=1S/C17H14N2O3S2/c1-2-22-16(21)11-5-7-12(8-6-11)19-15(20)14(18-17(19)23)10-13-4-3-9-24-13/h3-10H,2H2,1H3,(H,18,23)/b14-10-. The van der Waals surface area contributed by atoms with Gasteiger partial charge < -0.3 is 10.1 Å². The van der Waals surface area contributed by atoms with Gasteiger partial charge in [0.25, 0.3) is 5.91 Å². The van der Waals surface area contributed by atoms with Crippen LogP contribution in [0, 0.1) is 0 Å². The van der Waals surface area contributed by atoms with E-state index in [1.807, 2.05) is 17.5 Å². The number of nitrogens with zero attached hydrogens (tertiary/aromatic N) is 1. The van der Waals surface area contributed by atoms with Gasteiger partial charge in [0.2, 0.25) is 0 Å². The van der Waals surface area contributed by atoms with Crippen molar-refractivity contribution in [2.45, 2.75) is 6.92 Å². The highest BCUT2D eigenvalue weighted by Crippen LogP contribution is 2.24. The maximum Gasteiger partial charge on any atom is 0.338 e. The van der Waals surface area contributed by atoms with Crippen LogP contribution in [0.1, 0.15) is 22.2 Å². The van der Waals surface area contributed by atoms with Crippen molar-refractivity contribution in [1.82, 2.24) is 5.32 Å². The number of rotatable bonds is 4. The lowest BCUT2D eigenvalue weighted by Gasteiger charge is -2.14. The molecule has 1 amide bonds. The first kappa shape index (κ1) is 16.4. The highest BCUT2D eigenvalue weighted by molar-refractivity contribution is 7.80. The van der Waals surface area contributed by atoms with Gasteiger partial charge in [0.1, 0.15) is 5.70 Å². The fourth-order valence-electron chi connectivity index (χ4n) is 2.25. The van der Waals surface area contributed by atoms with Crippen molar-refractivity contribution in [3.8, 4) is 0 Å². The summed E-state index contributed by atoms with van der Waals surface area (Å²) in [6.07, 6.45) is 1.77. The van der Waals surface area contributed by atoms with Crippen molar-refractivity contribution in [3.63, 3.8) is 0 Å². The van der Waals surface area contributed by atoms with Crippen LogP contribution in [-0.4, -0.2) is 23.6 Å². The van der Waals surface area contributed by atoms with Gasteiger partial charge in [0, 0.05) is 4.88 Å². The molecule has 1 saturated heterocycles. The van der Waals surface area contributed by atoms with Gasteiger partial charge in [-0.05, 0) is 60.9 Å². The van der Waals surface area contributed by atoms with E-state index in [0.717, 1.165) is 4.88 Å². The number of carbonyl (C=O) groups excluding carboxylic acids is 2. The van der Waals surface area contributed by atoms with E-state index in [1.165, 1.54) is 16.2 Å². The Kier molecular flexibility index (Phi) is 4.73. The number of amides is 1. The lowest BCUT2D eigenvalue weighted by molar-refractivity contribution is -0.113. The maximum atomic E-state index is 12.6. The van der Waals surface area contributed by atoms with Crippen LogP contribution in [0.4, 0.5) is 5.69 Å².